The summed E-state index contributed by atoms with van der Waals surface area (Å²) in [5.74, 6) is 0. The molecule has 0 aliphatic rings. The van der Waals surface area contributed by atoms with Crippen molar-refractivity contribution in [2.45, 2.75) is 25.2 Å². The SMILES string of the molecule is C[Si](C)(C)C(c1ccc(Br)s1)c1ccc(Br)s1. The van der Waals surface area contributed by atoms with E-state index >= 15 is 0 Å². The molecule has 0 saturated heterocycles. The van der Waals surface area contributed by atoms with Gasteiger partial charge in [0.15, 0.2) is 0 Å². The van der Waals surface area contributed by atoms with Gasteiger partial charge in [-0.25, -0.2) is 0 Å². The molecule has 2 rings (SSSR count). The van der Waals surface area contributed by atoms with Gasteiger partial charge in [0.1, 0.15) is 0 Å². The predicted molar refractivity (Wildman–Crippen MR) is 89.2 cm³/mol. The van der Waals surface area contributed by atoms with Crippen molar-refractivity contribution >= 4 is 62.6 Å². The molecule has 0 aromatic carbocycles. The van der Waals surface area contributed by atoms with Gasteiger partial charge >= 0.3 is 0 Å². The summed E-state index contributed by atoms with van der Waals surface area (Å²) >= 11 is 10.9. The molecule has 2 heterocycles. The van der Waals surface area contributed by atoms with Crippen LogP contribution in [0.4, 0.5) is 0 Å². The summed E-state index contributed by atoms with van der Waals surface area (Å²) in [5.41, 5.74) is 0.607. The van der Waals surface area contributed by atoms with E-state index in [-0.39, 0.29) is 0 Å². The summed E-state index contributed by atoms with van der Waals surface area (Å²) in [7, 11) is -1.26. The Hall–Kier alpha value is 0.577. The molecule has 0 saturated carbocycles. The number of thiophene rings is 2. The highest BCUT2D eigenvalue weighted by Crippen LogP contribution is 2.42. The second kappa shape index (κ2) is 5.29. The highest BCUT2D eigenvalue weighted by atomic mass is 79.9. The maximum Gasteiger partial charge on any atom is 0.0701 e. The van der Waals surface area contributed by atoms with Gasteiger partial charge in [-0.3, -0.25) is 0 Å². The molecule has 0 bridgehead atoms. The van der Waals surface area contributed by atoms with Gasteiger partial charge in [-0.05, 0) is 56.1 Å². The minimum Gasteiger partial charge on any atom is -0.133 e. The fourth-order valence-electron chi connectivity index (χ4n) is 1.96. The van der Waals surface area contributed by atoms with Crippen LogP contribution in [-0.4, -0.2) is 8.07 Å². The molecule has 0 spiro atoms. The zero-order valence-electron chi connectivity index (χ0n) is 9.96. The topological polar surface area (TPSA) is 0 Å². The van der Waals surface area contributed by atoms with Crippen molar-refractivity contribution in [3.63, 3.8) is 0 Å². The molecule has 2 aromatic heterocycles. The molecule has 92 valence electrons. The van der Waals surface area contributed by atoms with Crippen LogP contribution in [0.25, 0.3) is 0 Å². The van der Waals surface area contributed by atoms with Crippen molar-refractivity contribution in [3.05, 3.63) is 41.6 Å². The molecule has 0 aliphatic heterocycles. The van der Waals surface area contributed by atoms with E-state index in [1.54, 1.807) is 0 Å². The van der Waals surface area contributed by atoms with Gasteiger partial charge in [0.2, 0.25) is 0 Å². The minimum absolute atomic E-state index is 0.607. The largest absolute Gasteiger partial charge is 0.133 e. The molecule has 0 unspecified atom stereocenters. The van der Waals surface area contributed by atoms with Crippen LogP contribution < -0.4 is 0 Å². The van der Waals surface area contributed by atoms with Crippen molar-refractivity contribution in [2.24, 2.45) is 0 Å². The van der Waals surface area contributed by atoms with Crippen LogP contribution in [0.1, 0.15) is 15.3 Å². The number of halogens is 2. The van der Waals surface area contributed by atoms with E-state index in [4.69, 9.17) is 0 Å². The molecular weight excluding hydrogens is 396 g/mol. The van der Waals surface area contributed by atoms with E-state index in [0.29, 0.717) is 5.54 Å². The Bertz CT molecular complexity index is 470. The van der Waals surface area contributed by atoms with Crippen LogP contribution in [0.3, 0.4) is 0 Å². The lowest BCUT2D eigenvalue weighted by atomic mass is 10.3. The average Bonchev–Trinajstić information content (AvgIpc) is 2.75. The highest BCUT2D eigenvalue weighted by Gasteiger charge is 2.31. The molecule has 0 nitrogen and oxygen atoms in total. The summed E-state index contributed by atoms with van der Waals surface area (Å²) in [6.07, 6.45) is 0. The smallest absolute Gasteiger partial charge is 0.0701 e. The zero-order chi connectivity index (χ0) is 12.6. The molecule has 17 heavy (non-hydrogen) atoms. The lowest BCUT2D eigenvalue weighted by molar-refractivity contribution is 1.15. The summed E-state index contributed by atoms with van der Waals surface area (Å²) in [6.45, 7) is 7.33. The van der Waals surface area contributed by atoms with E-state index in [1.807, 2.05) is 22.7 Å². The predicted octanol–water partition coefficient (Wildman–Crippen LogP) is 6.34. The maximum atomic E-state index is 3.57. The van der Waals surface area contributed by atoms with Crippen LogP contribution in [-0.2, 0) is 0 Å². The normalized spacial score (nSPS) is 12.4. The summed E-state index contributed by atoms with van der Waals surface area (Å²) in [6, 6.07) is 8.86. The molecule has 2 aromatic rings. The van der Waals surface area contributed by atoms with Gasteiger partial charge in [0.05, 0.1) is 15.6 Å². The molecular formula is C12H14Br2S2Si. The van der Waals surface area contributed by atoms with Gasteiger partial charge in [-0.2, -0.15) is 0 Å². The van der Waals surface area contributed by atoms with Crippen LogP contribution in [0.5, 0.6) is 0 Å². The monoisotopic (exact) mass is 408 g/mol. The third-order valence-corrected chi connectivity index (χ3v) is 8.77. The number of rotatable bonds is 3. The van der Waals surface area contributed by atoms with E-state index in [9.17, 15) is 0 Å². The van der Waals surface area contributed by atoms with Gasteiger partial charge in [0, 0.05) is 15.3 Å². The van der Waals surface area contributed by atoms with Gasteiger partial charge < -0.3 is 0 Å². The standard InChI is InChI=1S/C12H14Br2S2Si/c1-17(2,3)12(8-4-6-10(13)15-8)9-5-7-11(14)16-9/h4-7,12H,1-3H3. The average molecular weight is 410 g/mol. The second-order valence-corrected chi connectivity index (χ2v) is 15.4. The molecule has 0 radical (unpaired) electrons. The maximum absolute atomic E-state index is 3.57. The molecule has 0 amide bonds. The Morgan fingerprint density at radius 3 is 1.53 bits per heavy atom. The molecule has 0 atom stereocenters. The van der Waals surface area contributed by atoms with Crippen molar-refractivity contribution in [2.75, 3.05) is 0 Å². The summed E-state index contributed by atoms with van der Waals surface area (Å²) in [4.78, 5) is 2.98. The van der Waals surface area contributed by atoms with Gasteiger partial charge in [-0.1, -0.05) is 19.6 Å². The van der Waals surface area contributed by atoms with Crippen molar-refractivity contribution in [3.8, 4) is 0 Å². The van der Waals surface area contributed by atoms with Crippen molar-refractivity contribution in [1.82, 2.24) is 0 Å². The van der Waals surface area contributed by atoms with E-state index in [1.165, 1.54) is 17.3 Å². The van der Waals surface area contributed by atoms with Gasteiger partial charge in [-0.15, -0.1) is 22.7 Å². The first-order valence-electron chi connectivity index (χ1n) is 5.38. The first-order valence-corrected chi connectivity index (χ1v) is 12.2. The Balaban J connectivity index is 2.46. The van der Waals surface area contributed by atoms with E-state index in [2.05, 4.69) is 75.8 Å². The Labute approximate surface area is 128 Å². The first kappa shape index (κ1) is 14.0. The first-order chi connectivity index (χ1) is 7.88. The van der Waals surface area contributed by atoms with E-state index < -0.39 is 8.07 Å². The Morgan fingerprint density at radius 2 is 1.29 bits per heavy atom. The van der Waals surface area contributed by atoms with Crippen LogP contribution in [0.2, 0.25) is 19.6 Å². The Morgan fingerprint density at radius 1 is 0.882 bits per heavy atom. The van der Waals surface area contributed by atoms with Crippen LogP contribution >= 0.6 is 54.5 Å². The zero-order valence-corrected chi connectivity index (χ0v) is 15.8. The number of hydrogen-bond acceptors (Lipinski definition) is 2. The van der Waals surface area contributed by atoms with Crippen molar-refractivity contribution in [1.29, 1.82) is 0 Å². The minimum atomic E-state index is -1.26. The molecule has 5 heteroatoms. The summed E-state index contributed by atoms with van der Waals surface area (Å²) in [5, 5.41) is 0. The summed E-state index contributed by atoms with van der Waals surface area (Å²) < 4.78 is 2.46. The lowest BCUT2D eigenvalue weighted by Crippen LogP contribution is -2.30. The van der Waals surface area contributed by atoms with Crippen molar-refractivity contribution < 1.29 is 0 Å². The highest BCUT2D eigenvalue weighted by molar-refractivity contribution is 9.11. The third kappa shape index (κ3) is 3.32. The van der Waals surface area contributed by atoms with Gasteiger partial charge in [0.25, 0.3) is 0 Å². The van der Waals surface area contributed by atoms with Crippen LogP contribution in [0, 0.1) is 0 Å². The molecule has 0 fully saturated rings. The fourth-order valence-corrected chi connectivity index (χ4v) is 9.28. The van der Waals surface area contributed by atoms with Crippen LogP contribution in [0.15, 0.2) is 31.8 Å². The number of hydrogen-bond donors (Lipinski definition) is 0. The fraction of sp³-hybridized carbons (Fsp3) is 0.333. The lowest BCUT2D eigenvalue weighted by Gasteiger charge is -2.27. The molecule has 0 aliphatic carbocycles. The second-order valence-electron chi connectivity index (χ2n) is 5.08. The van der Waals surface area contributed by atoms with E-state index in [0.717, 1.165) is 0 Å². The Kier molecular flexibility index (Phi) is 4.35. The third-order valence-electron chi connectivity index (χ3n) is 2.62. The quantitative estimate of drug-likeness (QED) is 0.518. The molecule has 0 N–H and O–H groups in total.